The maximum atomic E-state index is 10.8. The zero-order chi connectivity index (χ0) is 7.28. The van der Waals surface area contributed by atoms with E-state index >= 15 is 0 Å². The Hall–Kier alpha value is -0.840. The smallest absolute Gasteiger partial charge is 0.149 e. The van der Waals surface area contributed by atoms with E-state index in [0.717, 1.165) is 0 Å². The Labute approximate surface area is 55.5 Å². The predicted octanol–water partition coefficient (Wildman–Crippen LogP) is 1.52. The molecule has 0 saturated heterocycles. The van der Waals surface area contributed by atoms with Crippen LogP contribution in [0.15, 0.2) is 0 Å². The Bertz CT molecular complexity index is 134. The molecule has 0 aliphatic carbocycles. The average Bonchev–Trinajstić information content (AvgIpc) is 1.90. The van der Waals surface area contributed by atoms with Gasteiger partial charge in [-0.1, -0.05) is 13.8 Å². The van der Waals surface area contributed by atoms with E-state index in [4.69, 9.17) is 5.26 Å². The summed E-state index contributed by atoms with van der Waals surface area (Å²) >= 11 is 0. The van der Waals surface area contributed by atoms with Gasteiger partial charge in [0.05, 0.1) is 6.07 Å². The normalized spacial score (nSPS) is 12.1. The van der Waals surface area contributed by atoms with Crippen LogP contribution in [-0.4, -0.2) is 5.78 Å². The number of carbonyl (C=O) groups excluding carboxylic acids is 1. The van der Waals surface area contributed by atoms with Gasteiger partial charge in [0.1, 0.15) is 11.7 Å². The van der Waals surface area contributed by atoms with E-state index in [9.17, 15) is 4.79 Å². The van der Waals surface area contributed by atoms with E-state index in [-0.39, 0.29) is 11.7 Å². The molecule has 0 N–H and O–H groups in total. The summed E-state index contributed by atoms with van der Waals surface area (Å²) in [4.78, 5) is 10.8. The standard InChI is InChI=1S/C7H11NO/c1-3-6(5-8)7(9)4-2/h6H,3-4H2,1-2H3. The minimum atomic E-state index is -0.366. The Morgan fingerprint density at radius 3 is 2.33 bits per heavy atom. The third kappa shape index (κ3) is 2.27. The molecule has 0 fully saturated rings. The first kappa shape index (κ1) is 8.16. The molecule has 0 saturated carbocycles. The molecule has 0 aliphatic rings. The first-order valence-corrected chi connectivity index (χ1v) is 3.18. The summed E-state index contributed by atoms with van der Waals surface area (Å²) in [7, 11) is 0. The van der Waals surface area contributed by atoms with Gasteiger partial charge in [-0.3, -0.25) is 4.79 Å². The summed E-state index contributed by atoms with van der Waals surface area (Å²) in [6.45, 7) is 3.63. The third-order valence-corrected chi connectivity index (χ3v) is 1.30. The maximum absolute atomic E-state index is 10.8. The fourth-order valence-corrected chi connectivity index (χ4v) is 0.637. The highest BCUT2D eigenvalue weighted by molar-refractivity contribution is 5.82. The number of carbonyl (C=O) groups is 1. The van der Waals surface area contributed by atoms with Crippen LogP contribution in [0.4, 0.5) is 0 Å². The van der Waals surface area contributed by atoms with Gasteiger partial charge in [-0.25, -0.2) is 0 Å². The van der Waals surface area contributed by atoms with Crippen molar-refractivity contribution in [2.45, 2.75) is 26.7 Å². The Morgan fingerprint density at radius 1 is 1.67 bits per heavy atom. The number of nitriles is 1. The zero-order valence-electron chi connectivity index (χ0n) is 5.85. The van der Waals surface area contributed by atoms with Gasteiger partial charge in [0, 0.05) is 6.42 Å². The number of ketones is 1. The van der Waals surface area contributed by atoms with E-state index in [0.29, 0.717) is 12.8 Å². The molecule has 0 aromatic heterocycles. The molecule has 0 heterocycles. The second-order valence-electron chi connectivity index (χ2n) is 1.91. The minimum absolute atomic E-state index is 0.0556. The fourth-order valence-electron chi connectivity index (χ4n) is 0.637. The second kappa shape index (κ2) is 4.08. The number of nitrogens with zero attached hydrogens (tertiary/aromatic N) is 1. The lowest BCUT2D eigenvalue weighted by Crippen LogP contribution is -2.09. The van der Waals surface area contributed by atoms with Crippen LogP contribution in [0.2, 0.25) is 0 Å². The number of Topliss-reactive ketones (excluding diaryl/α,β-unsaturated/α-hetero) is 1. The van der Waals surface area contributed by atoms with Crippen molar-refractivity contribution in [1.29, 1.82) is 5.26 Å². The van der Waals surface area contributed by atoms with E-state index in [1.54, 1.807) is 6.92 Å². The quantitative estimate of drug-likeness (QED) is 0.573. The fraction of sp³-hybridized carbons (Fsp3) is 0.714. The van der Waals surface area contributed by atoms with Crippen molar-refractivity contribution in [1.82, 2.24) is 0 Å². The highest BCUT2D eigenvalue weighted by Gasteiger charge is 2.11. The van der Waals surface area contributed by atoms with Crippen molar-refractivity contribution >= 4 is 5.78 Å². The van der Waals surface area contributed by atoms with E-state index < -0.39 is 0 Å². The van der Waals surface area contributed by atoms with Crippen LogP contribution in [0.25, 0.3) is 0 Å². The molecule has 0 aromatic rings. The van der Waals surface area contributed by atoms with Crippen molar-refractivity contribution in [2.75, 3.05) is 0 Å². The summed E-state index contributed by atoms with van der Waals surface area (Å²) < 4.78 is 0. The molecule has 2 heteroatoms. The molecular formula is C7H11NO. The maximum Gasteiger partial charge on any atom is 0.149 e. The van der Waals surface area contributed by atoms with Crippen molar-refractivity contribution < 1.29 is 4.79 Å². The molecule has 0 aromatic carbocycles. The number of rotatable bonds is 3. The third-order valence-electron chi connectivity index (χ3n) is 1.30. The largest absolute Gasteiger partial charge is 0.298 e. The lowest BCUT2D eigenvalue weighted by atomic mass is 10.0. The van der Waals surface area contributed by atoms with E-state index in [2.05, 4.69) is 0 Å². The minimum Gasteiger partial charge on any atom is -0.298 e. The average molecular weight is 125 g/mol. The van der Waals surface area contributed by atoms with Crippen LogP contribution in [0.5, 0.6) is 0 Å². The van der Waals surface area contributed by atoms with E-state index in [1.807, 2.05) is 13.0 Å². The van der Waals surface area contributed by atoms with Crippen LogP contribution < -0.4 is 0 Å². The van der Waals surface area contributed by atoms with Crippen LogP contribution in [0, 0.1) is 17.2 Å². The SMILES string of the molecule is CCC(=O)C(C#N)CC. The monoisotopic (exact) mass is 125 g/mol. The van der Waals surface area contributed by atoms with Crippen LogP contribution in [0.1, 0.15) is 26.7 Å². The molecule has 1 atom stereocenters. The van der Waals surface area contributed by atoms with Gasteiger partial charge < -0.3 is 0 Å². The second-order valence-corrected chi connectivity index (χ2v) is 1.91. The molecule has 2 nitrogen and oxygen atoms in total. The molecule has 0 bridgehead atoms. The lowest BCUT2D eigenvalue weighted by Gasteiger charge is -1.99. The first-order chi connectivity index (χ1) is 4.26. The summed E-state index contributed by atoms with van der Waals surface area (Å²) in [6.07, 6.45) is 1.12. The zero-order valence-corrected chi connectivity index (χ0v) is 5.85. The van der Waals surface area contributed by atoms with Crippen molar-refractivity contribution in [3.05, 3.63) is 0 Å². The van der Waals surface area contributed by atoms with Crippen molar-refractivity contribution in [2.24, 2.45) is 5.92 Å². The Morgan fingerprint density at radius 2 is 2.22 bits per heavy atom. The molecule has 9 heavy (non-hydrogen) atoms. The Balaban J connectivity index is 3.84. The van der Waals surface area contributed by atoms with Gasteiger partial charge in [-0.2, -0.15) is 5.26 Å². The summed E-state index contributed by atoms with van der Waals surface area (Å²) in [5.41, 5.74) is 0. The van der Waals surface area contributed by atoms with Gasteiger partial charge in [0.15, 0.2) is 0 Å². The van der Waals surface area contributed by atoms with Gasteiger partial charge in [-0.05, 0) is 6.42 Å². The molecule has 50 valence electrons. The predicted molar refractivity (Wildman–Crippen MR) is 34.7 cm³/mol. The highest BCUT2D eigenvalue weighted by Crippen LogP contribution is 2.03. The van der Waals surface area contributed by atoms with Crippen molar-refractivity contribution in [3.8, 4) is 6.07 Å². The molecule has 0 amide bonds. The summed E-state index contributed by atoms with van der Waals surface area (Å²) in [6, 6.07) is 1.95. The van der Waals surface area contributed by atoms with Crippen LogP contribution >= 0.6 is 0 Å². The molecule has 0 rings (SSSR count). The van der Waals surface area contributed by atoms with Gasteiger partial charge in [0.2, 0.25) is 0 Å². The molecule has 0 aliphatic heterocycles. The summed E-state index contributed by atoms with van der Waals surface area (Å²) in [5.74, 6) is -0.310. The topological polar surface area (TPSA) is 40.9 Å². The van der Waals surface area contributed by atoms with Gasteiger partial charge in [0.25, 0.3) is 0 Å². The van der Waals surface area contributed by atoms with Crippen LogP contribution in [0.3, 0.4) is 0 Å². The van der Waals surface area contributed by atoms with Gasteiger partial charge in [-0.15, -0.1) is 0 Å². The van der Waals surface area contributed by atoms with Gasteiger partial charge >= 0.3 is 0 Å². The molecular weight excluding hydrogens is 114 g/mol. The number of hydrogen-bond acceptors (Lipinski definition) is 2. The molecule has 1 unspecified atom stereocenters. The lowest BCUT2D eigenvalue weighted by molar-refractivity contribution is -0.121. The first-order valence-electron chi connectivity index (χ1n) is 3.18. The summed E-state index contributed by atoms with van der Waals surface area (Å²) in [5, 5.41) is 8.36. The number of hydrogen-bond donors (Lipinski definition) is 0. The molecule has 0 radical (unpaired) electrons. The van der Waals surface area contributed by atoms with Crippen molar-refractivity contribution in [3.63, 3.8) is 0 Å². The molecule has 0 spiro atoms. The highest BCUT2D eigenvalue weighted by atomic mass is 16.1. The Kier molecular flexibility index (Phi) is 3.70. The van der Waals surface area contributed by atoms with E-state index in [1.165, 1.54) is 0 Å². The van der Waals surface area contributed by atoms with Crippen LogP contribution in [-0.2, 0) is 4.79 Å².